The molecule has 0 unspecified atom stereocenters. The first kappa shape index (κ1) is 16.9. The van der Waals surface area contributed by atoms with E-state index in [2.05, 4.69) is 20.4 Å². The van der Waals surface area contributed by atoms with Gasteiger partial charge in [0.25, 0.3) is 0 Å². The molecule has 134 valence electrons. The number of hydrogen-bond acceptors (Lipinski definition) is 6. The predicted molar refractivity (Wildman–Crippen MR) is 96.7 cm³/mol. The van der Waals surface area contributed by atoms with Crippen molar-refractivity contribution in [1.82, 2.24) is 24.7 Å². The molecule has 3 heterocycles. The van der Waals surface area contributed by atoms with E-state index in [0.29, 0.717) is 33.5 Å². The van der Waals surface area contributed by atoms with Gasteiger partial charge >= 0.3 is 0 Å². The van der Waals surface area contributed by atoms with Crippen molar-refractivity contribution in [1.29, 1.82) is 0 Å². The lowest BCUT2D eigenvalue weighted by Gasteiger charge is -2.09. The lowest BCUT2D eigenvalue weighted by atomic mass is 10.2. The van der Waals surface area contributed by atoms with Crippen molar-refractivity contribution in [3.05, 3.63) is 27.0 Å². The van der Waals surface area contributed by atoms with Crippen LogP contribution in [0.2, 0.25) is 5.15 Å². The van der Waals surface area contributed by atoms with Crippen LogP contribution in [0.15, 0.2) is 5.10 Å². The Morgan fingerprint density at radius 2 is 2.16 bits per heavy atom. The van der Waals surface area contributed by atoms with Crippen molar-refractivity contribution in [2.75, 3.05) is 11.5 Å². The molecular formula is C14H17ClN6O2S2. The van der Waals surface area contributed by atoms with E-state index < -0.39 is 9.84 Å². The van der Waals surface area contributed by atoms with Gasteiger partial charge in [-0.05, 0) is 38.4 Å². The number of hydrogen-bond donors (Lipinski definition) is 1. The van der Waals surface area contributed by atoms with Crippen LogP contribution in [0.25, 0.3) is 0 Å². The summed E-state index contributed by atoms with van der Waals surface area (Å²) in [6, 6.07) is -0.225. The summed E-state index contributed by atoms with van der Waals surface area (Å²) in [7, 11) is -3.01. The molecule has 25 heavy (non-hydrogen) atoms. The second kappa shape index (κ2) is 6.03. The Bertz CT molecular complexity index is 1010. The molecular weight excluding hydrogens is 384 g/mol. The van der Waals surface area contributed by atoms with Crippen molar-refractivity contribution in [2.24, 2.45) is 5.10 Å². The average Bonchev–Trinajstić information content (AvgIpc) is 3.16. The molecule has 2 aromatic rings. The van der Waals surface area contributed by atoms with Gasteiger partial charge in [0.05, 0.1) is 35.0 Å². The summed E-state index contributed by atoms with van der Waals surface area (Å²) in [5.41, 5.74) is 1.36. The Kier molecular flexibility index (Phi) is 4.08. The molecule has 0 amide bonds. The van der Waals surface area contributed by atoms with Crippen LogP contribution >= 0.6 is 23.8 Å². The first-order valence-corrected chi connectivity index (χ1v) is 10.6. The zero-order valence-corrected chi connectivity index (χ0v) is 15.9. The maximum atomic E-state index is 11.7. The number of aromatic amines is 1. The maximum Gasteiger partial charge on any atom is 0.216 e. The topological polar surface area (TPSA) is 97.9 Å². The summed E-state index contributed by atoms with van der Waals surface area (Å²) in [4.78, 5) is 0. The smallest absolute Gasteiger partial charge is 0.216 e. The van der Waals surface area contributed by atoms with Crippen LogP contribution < -0.4 is 0 Å². The van der Waals surface area contributed by atoms with E-state index in [9.17, 15) is 8.42 Å². The number of halogens is 1. The fourth-order valence-corrected chi connectivity index (χ4v) is 5.27. The van der Waals surface area contributed by atoms with Gasteiger partial charge in [0.1, 0.15) is 5.15 Å². The second-order valence-electron chi connectivity index (χ2n) is 6.51. The van der Waals surface area contributed by atoms with Crippen LogP contribution in [0.4, 0.5) is 0 Å². The highest BCUT2D eigenvalue weighted by Gasteiger charge is 2.32. The van der Waals surface area contributed by atoms with E-state index in [1.165, 1.54) is 0 Å². The molecule has 2 fully saturated rings. The van der Waals surface area contributed by atoms with Crippen LogP contribution in [-0.2, 0) is 9.84 Å². The summed E-state index contributed by atoms with van der Waals surface area (Å²) < 4.78 is 27.1. The van der Waals surface area contributed by atoms with Crippen molar-refractivity contribution in [3.8, 4) is 0 Å². The van der Waals surface area contributed by atoms with Gasteiger partial charge in [0.2, 0.25) is 4.77 Å². The summed E-state index contributed by atoms with van der Waals surface area (Å²) in [5.74, 6) is 1.46. The van der Waals surface area contributed by atoms with Crippen molar-refractivity contribution >= 4 is 39.9 Å². The van der Waals surface area contributed by atoms with E-state index in [0.717, 1.165) is 18.7 Å². The number of aromatic nitrogens is 5. The van der Waals surface area contributed by atoms with Gasteiger partial charge in [-0.2, -0.15) is 20.0 Å². The molecule has 0 aromatic carbocycles. The van der Waals surface area contributed by atoms with Crippen LogP contribution in [0.1, 0.15) is 48.3 Å². The van der Waals surface area contributed by atoms with E-state index in [1.54, 1.807) is 15.6 Å². The summed E-state index contributed by atoms with van der Waals surface area (Å²) in [6.07, 6.45) is 4.31. The van der Waals surface area contributed by atoms with Crippen molar-refractivity contribution < 1.29 is 8.42 Å². The highest BCUT2D eigenvalue weighted by atomic mass is 35.5. The normalized spacial score (nSPS) is 22.9. The van der Waals surface area contributed by atoms with Crippen LogP contribution in [0.5, 0.6) is 0 Å². The molecule has 8 nitrogen and oxygen atoms in total. The minimum Gasteiger partial charge on any atom is -0.250 e. The van der Waals surface area contributed by atoms with Crippen molar-refractivity contribution in [2.45, 2.75) is 38.1 Å². The lowest BCUT2D eigenvalue weighted by molar-refractivity contribution is 0.497. The Balaban J connectivity index is 1.66. The number of nitrogens with zero attached hydrogens (tertiary/aromatic N) is 5. The minimum absolute atomic E-state index is 0.0725. The van der Waals surface area contributed by atoms with Gasteiger partial charge in [-0.3, -0.25) is 5.10 Å². The predicted octanol–water partition coefficient (Wildman–Crippen LogP) is 2.22. The van der Waals surface area contributed by atoms with E-state index >= 15 is 0 Å². The molecule has 0 bridgehead atoms. The summed E-state index contributed by atoms with van der Waals surface area (Å²) in [6.45, 7) is 1.82. The number of rotatable bonds is 4. The summed E-state index contributed by atoms with van der Waals surface area (Å²) >= 11 is 11.7. The molecule has 1 N–H and O–H groups in total. The van der Waals surface area contributed by atoms with E-state index in [1.807, 2.05) is 6.92 Å². The second-order valence-corrected chi connectivity index (χ2v) is 9.48. The van der Waals surface area contributed by atoms with Gasteiger partial charge in [-0.1, -0.05) is 11.6 Å². The van der Waals surface area contributed by atoms with Crippen LogP contribution in [0, 0.1) is 11.7 Å². The third-order valence-corrected chi connectivity index (χ3v) is 6.94. The first-order chi connectivity index (χ1) is 11.9. The monoisotopic (exact) mass is 400 g/mol. The molecule has 1 saturated heterocycles. The Labute approximate surface area is 154 Å². The minimum atomic E-state index is -3.01. The van der Waals surface area contributed by atoms with Crippen LogP contribution in [-0.4, -0.2) is 50.8 Å². The Hall–Kier alpha value is -1.52. The number of nitrogens with one attached hydrogen (secondary N) is 1. The Morgan fingerprint density at radius 3 is 2.80 bits per heavy atom. The molecule has 1 saturated carbocycles. The van der Waals surface area contributed by atoms with Crippen LogP contribution in [0.3, 0.4) is 0 Å². The molecule has 2 aliphatic rings. The third kappa shape index (κ3) is 3.18. The first-order valence-electron chi connectivity index (χ1n) is 8.02. The van der Waals surface area contributed by atoms with Gasteiger partial charge in [0.15, 0.2) is 15.7 Å². The van der Waals surface area contributed by atoms with E-state index in [4.69, 9.17) is 23.8 Å². The number of H-pyrrole nitrogens is 1. The zero-order valence-electron chi connectivity index (χ0n) is 13.5. The molecule has 2 aromatic heterocycles. The zero-order chi connectivity index (χ0) is 17.8. The maximum absolute atomic E-state index is 11.7. The SMILES string of the molecule is Cc1nn([C@@H]2CCS(=O)(=O)C2)c(Cl)c1C=Nn1c(C2CC2)n[nH]c1=S. The fraction of sp³-hybridized carbons (Fsp3) is 0.571. The quantitative estimate of drug-likeness (QED) is 0.626. The van der Waals surface area contributed by atoms with E-state index in [-0.39, 0.29) is 17.5 Å². The van der Waals surface area contributed by atoms with Gasteiger partial charge in [0, 0.05) is 5.92 Å². The third-order valence-electron chi connectivity index (χ3n) is 4.55. The number of sulfone groups is 1. The molecule has 1 aliphatic heterocycles. The van der Waals surface area contributed by atoms with Gasteiger partial charge in [-0.25, -0.2) is 13.1 Å². The average molecular weight is 401 g/mol. The Morgan fingerprint density at radius 1 is 1.40 bits per heavy atom. The van der Waals surface area contributed by atoms with Gasteiger partial charge in [-0.15, -0.1) is 0 Å². The molecule has 1 atom stereocenters. The lowest BCUT2D eigenvalue weighted by Crippen LogP contribution is -2.12. The standard InChI is InChI=1S/C14H17ClN6O2S2/c1-8-11(6-16-21-13(9-2-3-9)17-18-14(21)24)12(15)20(19-8)10-4-5-25(22,23)7-10/h6,9-10H,2-5,7H2,1H3,(H,18,24)/t10-/m1/s1. The van der Waals surface area contributed by atoms with Gasteiger partial charge < -0.3 is 0 Å². The molecule has 1 aliphatic carbocycles. The molecule has 0 radical (unpaired) electrons. The summed E-state index contributed by atoms with van der Waals surface area (Å²) in [5, 5.41) is 16.2. The number of aryl methyl sites for hydroxylation is 1. The largest absolute Gasteiger partial charge is 0.250 e. The fourth-order valence-electron chi connectivity index (χ4n) is 3.03. The highest BCUT2D eigenvalue weighted by molar-refractivity contribution is 7.91. The highest BCUT2D eigenvalue weighted by Crippen LogP contribution is 2.38. The molecule has 11 heteroatoms. The molecule has 0 spiro atoms. The van der Waals surface area contributed by atoms with Crippen molar-refractivity contribution in [3.63, 3.8) is 0 Å². The molecule has 4 rings (SSSR count).